The Balaban J connectivity index is 1.95. The molecule has 94 valence electrons. The van der Waals surface area contributed by atoms with Crippen LogP contribution in [0.25, 0.3) is 6.08 Å². The third-order valence-electron chi connectivity index (χ3n) is 3.88. The molecule has 0 unspecified atom stereocenters. The van der Waals surface area contributed by atoms with E-state index in [0.29, 0.717) is 0 Å². The number of ketones is 1. The third kappa shape index (κ3) is 2.12. The first-order valence-electron chi connectivity index (χ1n) is 6.64. The molecule has 0 fully saturated rings. The van der Waals surface area contributed by atoms with Crippen LogP contribution in [-0.4, -0.2) is 5.78 Å². The standard InChI is InChI=1S/C18H16O/c1-13(14-7-3-2-4-8-14)16-12-11-15-9-5-6-10-17(15)18(16)19/h2-13,16H,1H3/t13-,16+/m1/s1. The number of allylic oxidation sites excluding steroid dienone is 1. The normalized spacial score (nSPS) is 19.0. The SMILES string of the molecule is C[C@H](c1ccccc1)[C@@H]1C=Cc2ccccc2C1=O. The monoisotopic (exact) mass is 248 g/mol. The van der Waals surface area contributed by atoms with E-state index in [2.05, 4.69) is 25.1 Å². The van der Waals surface area contributed by atoms with Crippen LogP contribution >= 0.6 is 0 Å². The summed E-state index contributed by atoms with van der Waals surface area (Å²) in [6, 6.07) is 18.0. The van der Waals surface area contributed by atoms with E-state index >= 15 is 0 Å². The maximum atomic E-state index is 12.6. The number of hydrogen-bond acceptors (Lipinski definition) is 1. The van der Waals surface area contributed by atoms with Gasteiger partial charge in [0.25, 0.3) is 0 Å². The highest BCUT2D eigenvalue weighted by Gasteiger charge is 2.28. The fourth-order valence-electron chi connectivity index (χ4n) is 2.70. The molecule has 1 aliphatic rings. The molecule has 0 N–H and O–H groups in total. The van der Waals surface area contributed by atoms with Gasteiger partial charge in [-0.15, -0.1) is 0 Å². The lowest BCUT2D eigenvalue weighted by molar-refractivity contribution is 0.0931. The molecule has 1 aliphatic carbocycles. The van der Waals surface area contributed by atoms with Gasteiger partial charge in [0.05, 0.1) is 0 Å². The van der Waals surface area contributed by atoms with Crippen LogP contribution in [0.4, 0.5) is 0 Å². The lowest BCUT2D eigenvalue weighted by atomic mass is 9.78. The van der Waals surface area contributed by atoms with Crippen LogP contribution in [0.3, 0.4) is 0 Å². The summed E-state index contributed by atoms with van der Waals surface area (Å²) in [5.74, 6) is 0.380. The molecule has 2 aromatic carbocycles. The molecule has 3 rings (SSSR count). The average molecular weight is 248 g/mol. The molecule has 2 aromatic rings. The van der Waals surface area contributed by atoms with Gasteiger partial charge in [0.15, 0.2) is 5.78 Å². The molecular weight excluding hydrogens is 232 g/mol. The van der Waals surface area contributed by atoms with E-state index < -0.39 is 0 Å². The van der Waals surface area contributed by atoms with Crippen LogP contribution in [-0.2, 0) is 0 Å². The van der Waals surface area contributed by atoms with Gasteiger partial charge in [-0.3, -0.25) is 4.79 Å². The van der Waals surface area contributed by atoms with Crippen molar-refractivity contribution in [3.63, 3.8) is 0 Å². The van der Waals surface area contributed by atoms with E-state index in [1.807, 2.05) is 48.5 Å². The van der Waals surface area contributed by atoms with Gasteiger partial charge in [0.1, 0.15) is 0 Å². The molecule has 0 aromatic heterocycles. The maximum Gasteiger partial charge on any atom is 0.170 e. The van der Waals surface area contributed by atoms with Crippen molar-refractivity contribution in [3.05, 3.63) is 77.4 Å². The fraction of sp³-hybridized carbons (Fsp3) is 0.167. The Morgan fingerprint density at radius 2 is 1.63 bits per heavy atom. The zero-order valence-corrected chi connectivity index (χ0v) is 10.9. The van der Waals surface area contributed by atoms with Gasteiger partial charge in [-0.2, -0.15) is 0 Å². The van der Waals surface area contributed by atoms with Crippen LogP contribution in [0, 0.1) is 5.92 Å². The van der Waals surface area contributed by atoms with Crippen molar-refractivity contribution in [2.24, 2.45) is 5.92 Å². The quantitative estimate of drug-likeness (QED) is 0.773. The van der Waals surface area contributed by atoms with Crippen LogP contribution in [0.15, 0.2) is 60.7 Å². The number of Topliss-reactive ketones (excluding diaryl/α,β-unsaturated/α-hetero) is 1. The fourth-order valence-corrected chi connectivity index (χ4v) is 2.70. The predicted molar refractivity (Wildman–Crippen MR) is 78.2 cm³/mol. The van der Waals surface area contributed by atoms with Crippen molar-refractivity contribution in [3.8, 4) is 0 Å². The predicted octanol–water partition coefficient (Wildman–Crippen LogP) is 4.32. The highest BCUT2D eigenvalue weighted by atomic mass is 16.1. The molecule has 2 atom stereocenters. The molecule has 19 heavy (non-hydrogen) atoms. The van der Waals surface area contributed by atoms with Crippen molar-refractivity contribution >= 4 is 11.9 Å². The Morgan fingerprint density at radius 3 is 2.42 bits per heavy atom. The summed E-state index contributed by atoms with van der Waals surface area (Å²) < 4.78 is 0. The minimum atomic E-state index is -0.0581. The molecule has 1 heteroatoms. The molecule has 0 aliphatic heterocycles. The van der Waals surface area contributed by atoms with Crippen LogP contribution in [0.2, 0.25) is 0 Å². The lowest BCUT2D eigenvalue weighted by Crippen LogP contribution is -2.22. The summed E-state index contributed by atoms with van der Waals surface area (Å²) in [7, 11) is 0. The first-order chi connectivity index (χ1) is 9.27. The van der Waals surface area contributed by atoms with Gasteiger partial charge >= 0.3 is 0 Å². The molecular formula is C18H16O. The van der Waals surface area contributed by atoms with Crippen LogP contribution in [0.5, 0.6) is 0 Å². The second-order valence-corrected chi connectivity index (χ2v) is 5.04. The maximum absolute atomic E-state index is 12.6. The van der Waals surface area contributed by atoms with Gasteiger partial charge in [-0.05, 0) is 17.0 Å². The molecule has 0 bridgehead atoms. The van der Waals surface area contributed by atoms with E-state index in [-0.39, 0.29) is 17.6 Å². The zero-order chi connectivity index (χ0) is 13.2. The minimum Gasteiger partial charge on any atom is -0.293 e. The van der Waals surface area contributed by atoms with Crippen LogP contribution < -0.4 is 0 Å². The summed E-state index contributed by atoms with van der Waals surface area (Å²) in [5, 5.41) is 0. The number of carbonyl (C=O) groups excluding carboxylic acids is 1. The average Bonchev–Trinajstić information content (AvgIpc) is 2.48. The molecule has 0 amide bonds. The highest BCUT2D eigenvalue weighted by Crippen LogP contribution is 2.32. The summed E-state index contributed by atoms with van der Waals surface area (Å²) in [6.45, 7) is 2.12. The second-order valence-electron chi connectivity index (χ2n) is 5.04. The first-order valence-corrected chi connectivity index (χ1v) is 6.64. The Morgan fingerprint density at radius 1 is 0.947 bits per heavy atom. The molecule has 0 radical (unpaired) electrons. The first kappa shape index (κ1) is 11.9. The smallest absolute Gasteiger partial charge is 0.170 e. The Labute approximate surface area is 113 Å². The van der Waals surface area contributed by atoms with E-state index in [4.69, 9.17) is 0 Å². The van der Waals surface area contributed by atoms with Crippen LogP contribution in [0.1, 0.15) is 34.3 Å². The number of carbonyl (C=O) groups is 1. The zero-order valence-electron chi connectivity index (χ0n) is 10.9. The summed E-state index contributed by atoms with van der Waals surface area (Å²) in [4.78, 5) is 12.6. The number of rotatable bonds is 2. The summed E-state index contributed by atoms with van der Waals surface area (Å²) in [5.41, 5.74) is 3.09. The topological polar surface area (TPSA) is 17.1 Å². The molecule has 0 saturated carbocycles. The highest BCUT2D eigenvalue weighted by molar-refractivity contribution is 6.04. The Hall–Kier alpha value is -2.15. The minimum absolute atomic E-state index is 0.0581. The van der Waals surface area contributed by atoms with E-state index in [0.717, 1.165) is 11.1 Å². The van der Waals surface area contributed by atoms with Gasteiger partial charge in [-0.1, -0.05) is 73.7 Å². The van der Waals surface area contributed by atoms with Gasteiger partial charge in [0.2, 0.25) is 0 Å². The van der Waals surface area contributed by atoms with E-state index in [1.165, 1.54) is 5.56 Å². The molecule has 1 nitrogen and oxygen atoms in total. The van der Waals surface area contributed by atoms with Crippen molar-refractivity contribution in [2.75, 3.05) is 0 Å². The summed E-state index contributed by atoms with van der Waals surface area (Å²) in [6.07, 6.45) is 4.11. The van der Waals surface area contributed by atoms with Crippen molar-refractivity contribution < 1.29 is 4.79 Å². The van der Waals surface area contributed by atoms with Gasteiger partial charge < -0.3 is 0 Å². The Bertz CT molecular complexity index is 625. The van der Waals surface area contributed by atoms with Crippen molar-refractivity contribution in [1.29, 1.82) is 0 Å². The molecule has 0 spiro atoms. The number of fused-ring (bicyclic) bond motifs is 1. The number of benzene rings is 2. The number of hydrogen-bond donors (Lipinski definition) is 0. The molecule has 0 heterocycles. The van der Waals surface area contributed by atoms with Crippen molar-refractivity contribution in [2.45, 2.75) is 12.8 Å². The Kier molecular flexibility index (Phi) is 3.04. The van der Waals surface area contributed by atoms with Gasteiger partial charge in [-0.25, -0.2) is 0 Å². The summed E-state index contributed by atoms with van der Waals surface area (Å²) >= 11 is 0. The van der Waals surface area contributed by atoms with Crippen molar-refractivity contribution in [1.82, 2.24) is 0 Å². The van der Waals surface area contributed by atoms with Gasteiger partial charge in [0, 0.05) is 11.5 Å². The second kappa shape index (κ2) is 4.85. The van der Waals surface area contributed by atoms with E-state index in [1.54, 1.807) is 0 Å². The largest absolute Gasteiger partial charge is 0.293 e. The van der Waals surface area contributed by atoms with E-state index in [9.17, 15) is 4.79 Å². The molecule has 0 saturated heterocycles. The third-order valence-corrected chi connectivity index (χ3v) is 3.88. The lowest BCUT2D eigenvalue weighted by Gasteiger charge is -2.24.